The summed E-state index contributed by atoms with van der Waals surface area (Å²) >= 11 is 1.03. The summed E-state index contributed by atoms with van der Waals surface area (Å²) in [5.74, 6) is -1.67. The van der Waals surface area contributed by atoms with Crippen LogP contribution < -0.4 is 10.6 Å². The van der Waals surface area contributed by atoms with E-state index in [9.17, 15) is 14.4 Å². The molecule has 21 heavy (non-hydrogen) atoms. The van der Waals surface area contributed by atoms with Crippen molar-refractivity contribution in [2.75, 3.05) is 0 Å². The minimum Gasteiger partial charge on any atom is -0.477 e. The van der Waals surface area contributed by atoms with Crippen LogP contribution in [0.4, 0.5) is 0 Å². The van der Waals surface area contributed by atoms with Crippen molar-refractivity contribution < 1.29 is 19.5 Å². The third-order valence-electron chi connectivity index (χ3n) is 2.76. The van der Waals surface area contributed by atoms with Gasteiger partial charge in [-0.3, -0.25) is 9.59 Å². The van der Waals surface area contributed by atoms with Gasteiger partial charge in [-0.1, -0.05) is 13.8 Å². The Balaban J connectivity index is 2.68. The Bertz CT molecular complexity index is 554. The van der Waals surface area contributed by atoms with E-state index in [4.69, 9.17) is 5.11 Å². The number of carbonyl (C=O) groups is 3. The van der Waals surface area contributed by atoms with E-state index in [1.54, 1.807) is 6.92 Å². The number of aryl methyl sites for hydroxylation is 1. The number of carboxylic acid groups (broad SMARTS) is 1. The number of nitrogens with one attached hydrogen (secondary N) is 2. The summed E-state index contributed by atoms with van der Waals surface area (Å²) in [5.41, 5.74) is 0.430. The number of rotatable bonds is 6. The van der Waals surface area contributed by atoms with Crippen LogP contribution in [0.3, 0.4) is 0 Å². The summed E-state index contributed by atoms with van der Waals surface area (Å²) < 4.78 is 0. The summed E-state index contributed by atoms with van der Waals surface area (Å²) in [6.45, 7) is 6.76. The second kappa shape index (κ2) is 7.16. The Morgan fingerprint density at radius 1 is 1.33 bits per heavy atom. The SMILES string of the molecule is CC(=O)NC(C(=O)NCc1nc(C)c(C(=O)O)s1)C(C)C. The fourth-order valence-electron chi connectivity index (χ4n) is 1.75. The Labute approximate surface area is 126 Å². The number of carboxylic acids is 1. The van der Waals surface area contributed by atoms with Crippen molar-refractivity contribution in [3.63, 3.8) is 0 Å². The number of aromatic carboxylic acids is 1. The smallest absolute Gasteiger partial charge is 0.347 e. The summed E-state index contributed by atoms with van der Waals surface area (Å²) in [7, 11) is 0. The highest BCUT2D eigenvalue weighted by Gasteiger charge is 2.23. The van der Waals surface area contributed by atoms with Gasteiger partial charge in [-0.2, -0.15) is 0 Å². The first-order valence-electron chi connectivity index (χ1n) is 6.46. The van der Waals surface area contributed by atoms with Crippen molar-refractivity contribution in [2.24, 2.45) is 5.92 Å². The molecule has 0 spiro atoms. The molecule has 0 aliphatic heterocycles. The van der Waals surface area contributed by atoms with E-state index in [1.807, 2.05) is 13.8 Å². The van der Waals surface area contributed by atoms with E-state index in [0.717, 1.165) is 11.3 Å². The van der Waals surface area contributed by atoms with Crippen LogP contribution in [0.25, 0.3) is 0 Å². The molecule has 3 N–H and O–H groups in total. The van der Waals surface area contributed by atoms with Crippen molar-refractivity contribution in [1.29, 1.82) is 0 Å². The van der Waals surface area contributed by atoms with Crippen LogP contribution >= 0.6 is 11.3 Å². The predicted octanol–water partition coefficient (Wildman–Crippen LogP) is 0.927. The topological polar surface area (TPSA) is 108 Å². The van der Waals surface area contributed by atoms with Gasteiger partial charge >= 0.3 is 5.97 Å². The summed E-state index contributed by atoms with van der Waals surface area (Å²) in [5, 5.41) is 14.7. The quantitative estimate of drug-likeness (QED) is 0.724. The van der Waals surface area contributed by atoms with Gasteiger partial charge in [-0.15, -0.1) is 11.3 Å². The van der Waals surface area contributed by atoms with Gasteiger partial charge in [-0.05, 0) is 12.8 Å². The Morgan fingerprint density at radius 2 is 1.95 bits per heavy atom. The second-order valence-corrected chi connectivity index (χ2v) is 6.05. The van der Waals surface area contributed by atoms with E-state index in [2.05, 4.69) is 15.6 Å². The molecule has 1 rings (SSSR count). The maximum atomic E-state index is 12.1. The first-order chi connectivity index (χ1) is 9.72. The standard InChI is InChI=1S/C13H19N3O4S/c1-6(2)10(16-8(4)17)12(18)14-5-9-15-7(3)11(21-9)13(19)20/h6,10H,5H2,1-4H3,(H,14,18)(H,16,17)(H,19,20). The van der Waals surface area contributed by atoms with Gasteiger partial charge < -0.3 is 15.7 Å². The molecule has 2 amide bonds. The van der Waals surface area contributed by atoms with Crippen LogP contribution in [0, 0.1) is 12.8 Å². The predicted molar refractivity (Wildman–Crippen MR) is 78.1 cm³/mol. The molecule has 8 heteroatoms. The first kappa shape index (κ1) is 17.1. The van der Waals surface area contributed by atoms with Crippen LogP contribution in [-0.2, 0) is 16.1 Å². The van der Waals surface area contributed by atoms with Crippen molar-refractivity contribution in [1.82, 2.24) is 15.6 Å². The molecule has 1 aromatic rings. The van der Waals surface area contributed by atoms with Crippen molar-refractivity contribution in [2.45, 2.75) is 40.3 Å². The van der Waals surface area contributed by atoms with Crippen LogP contribution in [0.2, 0.25) is 0 Å². The highest BCUT2D eigenvalue weighted by Crippen LogP contribution is 2.17. The molecular weight excluding hydrogens is 294 g/mol. The van der Waals surface area contributed by atoms with Gasteiger partial charge in [0.05, 0.1) is 12.2 Å². The molecule has 0 aromatic carbocycles. The fourth-order valence-corrected chi connectivity index (χ4v) is 2.60. The summed E-state index contributed by atoms with van der Waals surface area (Å²) in [4.78, 5) is 38.3. The minimum atomic E-state index is -1.03. The highest BCUT2D eigenvalue weighted by molar-refractivity contribution is 7.13. The van der Waals surface area contributed by atoms with Crippen LogP contribution in [-0.4, -0.2) is 33.9 Å². The van der Waals surface area contributed by atoms with E-state index in [0.29, 0.717) is 10.7 Å². The average molecular weight is 313 g/mol. The van der Waals surface area contributed by atoms with Crippen molar-refractivity contribution in [3.8, 4) is 0 Å². The molecule has 0 saturated carbocycles. The molecular formula is C13H19N3O4S. The fraction of sp³-hybridized carbons (Fsp3) is 0.538. The maximum absolute atomic E-state index is 12.1. The molecule has 0 aliphatic rings. The Morgan fingerprint density at radius 3 is 2.38 bits per heavy atom. The lowest BCUT2D eigenvalue weighted by atomic mass is 10.0. The van der Waals surface area contributed by atoms with Gasteiger partial charge in [0.1, 0.15) is 15.9 Å². The first-order valence-corrected chi connectivity index (χ1v) is 7.28. The summed E-state index contributed by atoms with van der Waals surface area (Å²) in [6.07, 6.45) is 0. The normalized spacial score (nSPS) is 12.0. The lowest BCUT2D eigenvalue weighted by molar-refractivity contribution is -0.129. The van der Waals surface area contributed by atoms with Gasteiger partial charge in [0, 0.05) is 6.92 Å². The monoisotopic (exact) mass is 313 g/mol. The molecule has 1 aromatic heterocycles. The maximum Gasteiger partial charge on any atom is 0.347 e. The molecule has 7 nitrogen and oxygen atoms in total. The van der Waals surface area contributed by atoms with Gasteiger partial charge in [0.25, 0.3) is 0 Å². The number of amides is 2. The van der Waals surface area contributed by atoms with E-state index in [-0.39, 0.29) is 29.2 Å². The average Bonchev–Trinajstić information content (AvgIpc) is 2.74. The number of nitrogens with zero attached hydrogens (tertiary/aromatic N) is 1. The number of hydrogen-bond donors (Lipinski definition) is 3. The molecule has 1 heterocycles. The molecule has 0 bridgehead atoms. The lowest BCUT2D eigenvalue weighted by Crippen LogP contribution is -2.48. The zero-order valence-corrected chi connectivity index (χ0v) is 13.2. The largest absolute Gasteiger partial charge is 0.477 e. The lowest BCUT2D eigenvalue weighted by Gasteiger charge is -2.20. The van der Waals surface area contributed by atoms with Crippen molar-refractivity contribution >= 4 is 29.1 Å². The third kappa shape index (κ3) is 4.82. The Hall–Kier alpha value is -1.96. The molecule has 1 unspecified atom stereocenters. The second-order valence-electron chi connectivity index (χ2n) is 4.97. The molecule has 0 aliphatic carbocycles. The zero-order chi connectivity index (χ0) is 16.2. The number of thiazole rings is 1. The number of carbonyl (C=O) groups excluding carboxylic acids is 2. The van der Waals surface area contributed by atoms with E-state index >= 15 is 0 Å². The summed E-state index contributed by atoms with van der Waals surface area (Å²) in [6, 6.07) is -0.623. The molecule has 0 fully saturated rings. The minimum absolute atomic E-state index is 0.0542. The van der Waals surface area contributed by atoms with Crippen molar-refractivity contribution in [3.05, 3.63) is 15.6 Å². The molecule has 1 atom stereocenters. The van der Waals surface area contributed by atoms with Crippen LogP contribution in [0.15, 0.2) is 0 Å². The van der Waals surface area contributed by atoms with Gasteiger partial charge in [0.2, 0.25) is 11.8 Å². The molecule has 116 valence electrons. The van der Waals surface area contributed by atoms with Gasteiger partial charge in [0.15, 0.2) is 0 Å². The third-order valence-corrected chi connectivity index (χ3v) is 3.90. The van der Waals surface area contributed by atoms with E-state index < -0.39 is 12.0 Å². The van der Waals surface area contributed by atoms with E-state index in [1.165, 1.54) is 6.92 Å². The zero-order valence-electron chi connectivity index (χ0n) is 12.4. The Kier molecular flexibility index (Phi) is 5.83. The van der Waals surface area contributed by atoms with Gasteiger partial charge in [-0.25, -0.2) is 9.78 Å². The van der Waals surface area contributed by atoms with Crippen LogP contribution in [0.5, 0.6) is 0 Å². The highest BCUT2D eigenvalue weighted by atomic mass is 32.1. The number of aromatic nitrogens is 1. The number of hydrogen-bond acceptors (Lipinski definition) is 5. The van der Waals surface area contributed by atoms with Crippen LogP contribution in [0.1, 0.15) is 41.1 Å². The molecule has 0 saturated heterocycles. The molecule has 0 radical (unpaired) electrons.